The van der Waals surface area contributed by atoms with Gasteiger partial charge in [0.25, 0.3) is 0 Å². The summed E-state index contributed by atoms with van der Waals surface area (Å²) in [7, 11) is 3.32. The van der Waals surface area contributed by atoms with Crippen molar-refractivity contribution in [3.8, 4) is 17.2 Å². The first-order chi connectivity index (χ1) is 16.7. The van der Waals surface area contributed by atoms with Gasteiger partial charge in [0.05, 0.1) is 19.9 Å². The van der Waals surface area contributed by atoms with Gasteiger partial charge < -0.3 is 19.5 Å². The molecule has 0 amide bonds. The van der Waals surface area contributed by atoms with Gasteiger partial charge in [-0.2, -0.15) is 10.1 Å². The zero-order valence-electron chi connectivity index (χ0n) is 18.5. The van der Waals surface area contributed by atoms with Crippen molar-refractivity contribution in [3.05, 3.63) is 100 Å². The van der Waals surface area contributed by atoms with E-state index in [1.54, 1.807) is 20.5 Å². The van der Waals surface area contributed by atoms with Crippen LogP contribution in [0.3, 0.4) is 0 Å². The summed E-state index contributed by atoms with van der Waals surface area (Å²) < 4.78 is 19.6. The first-order valence-electron chi connectivity index (χ1n) is 10.8. The van der Waals surface area contributed by atoms with Crippen LogP contribution in [0.25, 0.3) is 5.70 Å². The van der Waals surface area contributed by atoms with Crippen molar-refractivity contribution in [1.82, 2.24) is 14.8 Å². The highest BCUT2D eigenvalue weighted by molar-refractivity contribution is 6.30. The molecule has 7 nitrogen and oxygen atoms in total. The molecule has 1 aromatic heterocycles. The molecule has 3 heterocycles. The second-order valence-electron chi connectivity index (χ2n) is 8.04. The zero-order chi connectivity index (χ0) is 23.2. The van der Waals surface area contributed by atoms with E-state index in [1.807, 2.05) is 71.4 Å². The molecule has 0 bridgehead atoms. The van der Waals surface area contributed by atoms with Crippen LogP contribution in [0.15, 0.2) is 78.6 Å². The molecule has 0 saturated heterocycles. The number of fused-ring (bicyclic) bond motifs is 3. The Kier molecular flexibility index (Phi) is 4.92. The van der Waals surface area contributed by atoms with Crippen molar-refractivity contribution in [1.29, 1.82) is 0 Å². The van der Waals surface area contributed by atoms with E-state index in [2.05, 4.69) is 15.4 Å². The third kappa shape index (κ3) is 3.20. The SMILES string of the molecule is COc1ccc([C@@H]2C3=C(Nc4ncnn42)c2cc(Cl)ccc2O[C@H]3c2ccccc2OC)cc1. The maximum Gasteiger partial charge on any atom is 0.226 e. The monoisotopic (exact) mass is 472 g/mol. The maximum absolute atomic E-state index is 6.65. The Morgan fingerprint density at radius 2 is 1.82 bits per heavy atom. The summed E-state index contributed by atoms with van der Waals surface area (Å²) in [5.41, 5.74) is 4.71. The number of hydrogen-bond donors (Lipinski definition) is 1. The first kappa shape index (κ1) is 20.6. The van der Waals surface area contributed by atoms with Gasteiger partial charge in [0, 0.05) is 21.7 Å². The molecule has 0 saturated carbocycles. The highest BCUT2D eigenvalue weighted by Crippen LogP contribution is 2.52. The number of aromatic nitrogens is 3. The number of methoxy groups -OCH3 is 2. The number of hydrogen-bond acceptors (Lipinski definition) is 6. The van der Waals surface area contributed by atoms with E-state index in [0.29, 0.717) is 11.0 Å². The smallest absolute Gasteiger partial charge is 0.226 e. The lowest BCUT2D eigenvalue weighted by Gasteiger charge is -2.39. The normalized spacial score (nSPS) is 18.2. The Labute approximate surface area is 201 Å². The zero-order valence-corrected chi connectivity index (χ0v) is 19.3. The van der Waals surface area contributed by atoms with E-state index in [-0.39, 0.29) is 6.04 Å². The molecule has 2 aliphatic heterocycles. The van der Waals surface area contributed by atoms with E-state index in [1.165, 1.54) is 0 Å². The number of halogens is 1. The van der Waals surface area contributed by atoms with Gasteiger partial charge in [-0.1, -0.05) is 41.9 Å². The van der Waals surface area contributed by atoms with Crippen LogP contribution in [0, 0.1) is 0 Å². The lowest BCUT2D eigenvalue weighted by atomic mass is 9.84. The summed E-state index contributed by atoms with van der Waals surface area (Å²) in [5.74, 6) is 2.90. The Bertz CT molecular complexity index is 1410. The number of nitrogens with zero attached hydrogens (tertiary/aromatic N) is 3. The second kappa shape index (κ2) is 8.11. The Hall–Kier alpha value is -3.97. The first-order valence-corrected chi connectivity index (χ1v) is 11.2. The summed E-state index contributed by atoms with van der Waals surface area (Å²) in [6.45, 7) is 0. The average Bonchev–Trinajstić information content (AvgIpc) is 3.35. The third-order valence-corrected chi connectivity index (χ3v) is 6.46. The number of rotatable bonds is 4. The van der Waals surface area contributed by atoms with Crippen molar-refractivity contribution < 1.29 is 14.2 Å². The minimum atomic E-state index is -0.434. The fourth-order valence-electron chi connectivity index (χ4n) is 4.69. The second-order valence-corrected chi connectivity index (χ2v) is 8.48. The topological polar surface area (TPSA) is 70.4 Å². The van der Waals surface area contributed by atoms with Crippen LogP contribution in [0.1, 0.15) is 28.8 Å². The molecule has 0 unspecified atom stereocenters. The van der Waals surface area contributed by atoms with Crippen LogP contribution in [-0.4, -0.2) is 29.0 Å². The minimum absolute atomic E-state index is 0.276. The summed E-state index contributed by atoms with van der Waals surface area (Å²) >= 11 is 6.40. The molecule has 2 aliphatic rings. The summed E-state index contributed by atoms with van der Waals surface area (Å²) in [4.78, 5) is 4.47. The molecule has 0 aliphatic carbocycles. The number of ether oxygens (including phenoxy) is 3. The van der Waals surface area contributed by atoms with E-state index in [0.717, 1.165) is 45.2 Å². The molecule has 6 rings (SSSR count). The Morgan fingerprint density at radius 3 is 2.62 bits per heavy atom. The van der Waals surface area contributed by atoms with Crippen LogP contribution in [0.4, 0.5) is 5.95 Å². The number of para-hydroxylation sites is 1. The van der Waals surface area contributed by atoms with Crippen molar-refractivity contribution in [3.63, 3.8) is 0 Å². The summed E-state index contributed by atoms with van der Waals surface area (Å²) in [5, 5.41) is 8.67. The lowest BCUT2D eigenvalue weighted by Crippen LogP contribution is -2.32. The molecular formula is C26H21ClN4O3. The van der Waals surface area contributed by atoms with Gasteiger partial charge >= 0.3 is 0 Å². The summed E-state index contributed by atoms with van der Waals surface area (Å²) in [6.07, 6.45) is 1.12. The highest BCUT2D eigenvalue weighted by Gasteiger charge is 2.41. The number of anilines is 1. The predicted octanol–water partition coefficient (Wildman–Crippen LogP) is 5.51. The van der Waals surface area contributed by atoms with Crippen LogP contribution >= 0.6 is 11.6 Å². The Morgan fingerprint density at radius 1 is 1.00 bits per heavy atom. The number of nitrogens with one attached hydrogen (secondary N) is 1. The molecule has 0 spiro atoms. The van der Waals surface area contributed by atoms with Crippen molar-refractivity contribution in [2.75, 3.05) is 19.5 Å². The standard InChI is InChI=1S/C26H21ClN4O3/c1-32-17-10-7-15(8-11-17)24-22-23(30-26-28-14-29-31(24)26)19-13-16(27)9-12-21(19)34-25(22)18-5-3-4-6-20(18)33-2/h3-14,24-25H,1-2H3,(H,28,29,30)/t24-,25+/m1/s1. The Balaban J connectivity index is 1.63. The van der Waals surface area contributed by atoms with Gasteiger partial charge in [-0.05, 0) is 42.0 Å². The van der Waals surface area contributed by atoms with Gasteiger partial charge in [0.2, 0.25) is 5.95 Å². The van der Waals surface area contributed by atoms with E-state index < -0.39 is 6.10 Å². The summed E-state index contributed by atoms with van der Waals surface area (Å²) in [6, 6.07) is 21.2. The van der Waals surface area contributed by atoms with Crippen molar-refractivity contribution in [2.45, 2.75) is 12.1 Å². The molecule has 2 atom stereocenters. The average molecular weight is 473 g/mol. The van der Waals surface area contributed by atoms with Gasteiger partial charge in [-0.25, -0.2) is 4.68 Å². The van der Waals surface area contributed by atoms with Crippen LogP contribution in [-0.2, 0) is 0 Å². The molecule has 4 aromatic rings. The van der Waals surface area contributed by atoms with E-state index >= 15 is 0 Å². The minimum Gasteiger partial charge on any atom is -0.497 e. The van der Waals surface area contributed by atoms with E-state index in [4.69, 9.17) is 25.8 Å². The van der Waals surface area contributed by atoms with Crippen LogP contribution < -0.4 is 19.5 Å². The van der Waals surface area contributed by atoms with E-state index in [9.17, 15) is 0 Å². The van der Waals surface area contributed by atoms with Crippen molar-refractivity contribution >= 4 is 23.2 Å². The van der Waals surface area contributed by atoms with Crippen LogP contribution in [0.5, 0.6) is 17.2 Å². The molecule has 0 fully saturated rings. The fraction of sp³-hybridized carbons (Fsp3) is 0.154. The van der Waals surface area contributed by atoms with Gasteiger partial charge in [0.15, 0.2) is 6.10 Å². The molecule has 0 radical (unpaired) electrons. The quantitative estimate of drug-likeness (QED) is 0.422. The molecule has 8 heteroatoms. The van der Waals surface area contributed by atoms with Gasteiger partial charge in [0.1, 0.15) is 29.6 Å². The molecule has 170 valence electrons. The molecule has 34 heavy (non-hydrogen) atoms. The molecule has 3 aromatic carbocycles. The fourth-order valence-corrected chi connectivity index (χ4v) is 4.86. The third-order valence-electron chi connectivity index (χ3n) is 6.23. The number of benzene rings is 3. The lowest BCUT2D eigenvalue weighted by molar-refractivity contribution is 0.217. The molecule has 1 N–H and O–H groups in total. The van der Waals surface area contributed by atoms with Crippen molar-refractivity contribution in [2.24, 2.45) is 0 Å². The largest absolute Gasteiger partial charge is 0.497 e. The van der Waals surface area contributed by atoms with Gasteiger partial charge in [-0.3, -0.25) is 0 Å². The predicted molar refractivity (Wildman–Crippen MR) is 130 cm³/mol. The molecular weight excluding hydrogens is 452 g/mol. The highest BCUT2D eigenvalue weighted by atomic mass is 35.5. The maximum atomic E-state index is 6.65. The van der Waals surface area contributed by atoms with Gasteiger partial charge in [-0.15, -0.1) is 0 Å². The van der Waals surface area contributed by atoms with Crippen LogP contribution in [0.2, 0.25) is 5.02 Å².